The molecule has 1 fully saturated rings. The lowest BCUT2D eigenvalue weighted by Gasteiger charge is -2.36. The summed E-state index contributed by atoms with van der Waals surface area (Å²) in [5, 5.41) is 11.2. The van der Waals surface area contributed by atoms with Gasteiger partial charge in [-0.3, -0.25) is 9.59 Å². The molecule has 1 aromatic heterocycles. The normalized spacial score (nSPS) is 14.7. The molecule has 0 saturated carbocycles. The van der Waals surface area contributed by atoms with Gasteiger partial charge in [-0.25, -0.2) is 4.39 Å². The van der Waals surface area contributed by atoms with Crippen molar-refractivity contribution in [3.8, 4) is 0 Å². The van der Waals surface area contributed by atoms with Gasteiger partial charge in [0.25, 0.3) is 0 Å². The maximum absolute atomic E-state index is 14.7. The van der Waals surface area contributed by atoms with Gasteiger partial charge in [0.2, 0.25) is 5.91 Å². The van der Waals surface area contributed by atoms with Gasteiger partial charge in [0.05, 0.1) is 22.7 Å². The van der Waals surface area contributed by atoms with Gasteiger partial charge >= 0.3 is 0 Å². The van der Waals surface area contributed by atoms with E-state index in [1.807, 2.05) is 4.90 Å². The van der Waals surface area contributed by atoms with E-state index in [0.717, 1.165) is 6.07 Å². The molecule has 7 nitrogen and oxygen atoms in total. The van der Waals surface area contributed by atoms with E-state index in [0.29, 0.717) is 43.9 Å². The number of carbonyl (C=O) groups is 2. The van der Waals surface area contributed by atoms with Crippen molar-refractivity contribution in [2.75, 3.05) is 31.1 Å². The Morgan fingerprint density at radius 1 is 1.19 bits per heavy atom. The number of carbonyl (C=O) groups excluding carboxylic acids is 2. The molecule has 2 heterocycles. The summed E-state index contributed by atoms with van der Waals surface area (Å²) in [5.41, 5.74) is -0.436. The number of rotatable bonds is 3. The minimum absolute atomic E-state index is 0.0113. The SMILES string of the molecule is CCn1cc(C(=O)[O-])c(=O)c2cc(F)c(N3CCN(C(C)=O)CC3)cc21. The van der Waals surface area contributed by atoms with Crippen LogP contribution in [0.1, 0.15) is 24.2 Å². The minimum Gasteiger partial charge on any atom is -0.545 e. The fourth-order valence-electron chi connectivity index (χ4n) is 3.31. The Labute approximate surface area is 149 Å². The van der Waals surface area contributed by atoms with E-state index in [1.54, 1.807) is 22.5 Å². The van der Waals surface area contributed by atoms with Crippen LogP contribution >= 0.6 is 0 Å². The fraction of sp³-hybridized carbons (Fsp3) is 0.389. The number of fused-ring (bicyclic) bond motifs is 1. The summed E-state index contributed by atoms with van der Waals surface area (Å²) in [6.45, 7) is 5.68. The summed E-state index contributed by atoms with van der Waals surface area (Å²) in [4.78, 5) is 38.5. The largest absolute Gasteiger partial charge is 0.545 e. The van der Waals surface area contributed by atoms with Crippen LogP contribution in [0.5, 0.6) is 0 Å². The molecule has 2 aromatic rings. The Bertz CT molecular complexity index is 946. The van der Waals surface area contributed by atoms with Crippen molar-refractivity contribution in [2.24, 2.45) is 0 Å². The second kappa shape index (κ2) is 6.78. The van der Waals surface area contributed by atoms with Crippen LogP contribution in [0.15, 0.2) is 23.1 Å². The second-order valence-corrected chi connectivity index (χ2v) is 6.26. The highest BCUT2D eigenvalue weighted by atomic mass is 19.1. The monoisotopic (exact) mass is 360 g/mol. The van der Waals surface area contributed by atoms with Crippen molar-refractivity contribution >= 4 is 28.5 Å². The highest BCUT2D eigenvalue weighted by Crippen LogP contribution is 2.26. The Balaban J connectivity index is 2.08. The number of benzene rings is 1. The Morgan fingerprint density at radius 2 is 1.85 bits per heavy atom. The maximum Gasteiger partial charge on any atom is 0.219 e. The first kappa shape index (κ1) is 17.9. The summed E-state index contributed by atoms with van der Waals surface area (Å²) in [6, 6.07) is 2.65. The topological polar surface area (TPSA) is 85.7 Å². The lowest BCUT2D eigenvalue weighted by Crippen LogP contribution is -2.48. The molecule has 1 amide bonds. The standard InChI is InChI=1S/C18H20FN3O4/c1-3-20-10-13(18(25)26)17(24)12-8-14(19)16(9-15(12)20)22-6-4-21(5-7-22)11(2)23/h8-10H,3-7H2,1-2H3,(H,25,26)/p-1. The number of hydrogen-bond acceptors (Lipinski definition) is 5. The van der Waals surface area contributed by atoms with Crippen LogP contribution in [0.25, 0.3) is 10.9 Å². The van der Waals surface area contributed by atoms with Crippen LogP contribution < -0.4 is 15.4 Å². The zero-order valence-corrected chi connectivity index (χ0v) is 14.6. The van der Waals surface area contributed by atoms with Gasteiger partial charge in [-0.05, 0) is 19.1 Å². The molecule has 3 rings (SSSR count). The summed E-state index contributed by atoms with van der Waals surface area (Å²) >= 11 is 0. The lowest BCUT2D eigenvalue weighted by molar-refractivity contribution is -0.255. The van der Waals surface area contributed by atoms with Crippen molar-refractivity contribution < 1.29 is 19.1 Å². The molecule has 26 heavy (non-hydrogen) atoms. The summed E-state index contributed by atoms with van der Waals surface area (Å²) in [7, 11) is 0. The van der Waals surface area contributed by atoms with E-state index in [4.69, 9.17) is 0 Å². The van der Waals surface area contributed by atoms with Crippen molar-refractivity contribution in [1.82, 2.24) is 9.47 Å². The third-order valence-corrected chi connectivity index (χ3v) is 4.78. The van der Waals surface area contributed by atoms with Crippen molar-refractivity contribution in [3.05, 3.63) is 39.9 Å². The Kier molecular flexibility index (Phi) is 4.67. The van der Waals surface area contributed by atoms with Gasteiger partial charge in [-0.15, -0.1) is 0 Å². The Morgan fingerprint density at radius 3 is 2.38 bits per heavy atom. The first-order valence-corrected chi connectivity index (χ1v) is 8.42. The van der Waals surface area contributed by atoms with Gasteiger partial charge < -0.3 is 24.3 Å². The zero-order valence-electron chi connectivity index (χ0n) is 14.6. The smallest absolute Gasteiger partial charge is 0.219 e. The minimum atomic E-state index is -1.58. The van der Waals surface area contributed by atoms with Crippen LogP contribution in [-0.4, -0.2) is 47.5 Å². The van der Waals surface area contributed by atoms with Gasteiger partial charge in [0.1, 0.15) is 5.82 Å². The number of nitrogens with zero attached hydrogens (tertiary/aromatic N) is 3. The van der Waals surface area contributed by atoms with Gasteiger partial charge in [-0.2, -0.15) is 0 Å². The number of aromatic carboxylic acids is 1. The molecule has 1 saturated heterocycles. The predicted molar refractivity (Wildman–Crippen MR) is 92.6 cm³/mol. The van der Waals surface area contributed by atoms with E-state index in [9.17, 15) is 23.9 Å². The Hall–Kier alpha value is -2.90. The second-order valence-electron chi connectivity index (χ2n) is 6.26. The highest BCUT2D eigenvalue weighted by molar-refractivity contribution is 5.92. The number of carboxylic acids is 1. The van der Waals surface area contributed by atoms with E-state index in [-0.39, 0.29) is 11.3 Å². The number of aromatic nitrogens is 1. The molecule has 1 aliphatic heterocycles. The zero-order chi connectivity index (χ0) is 19.0. The third-order valence-electron chi connectivity index (χ3n) is 4.78. The number of anilines is 1. The molecule has 138 valence electrons. The van der Waals surface area contributed by atoms with Crippen LogP contribution in [0.2, 0.25) is 0 Å². The quantitative estimate of drug-likeness (QED) is 0.780. The average molecular weight is 360 g/mol. The molecule has 0 N–H and O–H groups in total. The first-order chi connectivity index (χ1) is 12.3. The number of aryl methyl sites for hydroxylation is 1. The van der Waals surface area contributed by atoms with Crippen LogP contribution in [-0.2, 0) is 11.3 Å². The van der Waals surface area contributed by atoms with Crippen molar-refractivity contribution in [1.29, 1.82) is 0 Å². The molecular formula is C18H19FN3O4-. The molecule has 0 radical (unpaired) electrons. The highest BCUT2D eigenvalue weighted by Gasteiger charge is 2.22. The average Bonchev–Trinajstić information content (AvgIpc) is 2.62. The number of amides is 1. The lowest BCUT2D eigenvalue weighted by atomic mass is 10.1. The van der Waals surface area contributed by atoms with Crippen LogP contribution in [0.3, 0.4) is 0 Å². The number of pyridine rings is 1. The molecule has 0 spiro atoms. The number of hydrogen-bond donors (Lipinski definition) is 0. The molecule has 0 bridgehead atoms. The fourth-order valence-corrected chi connectivity index (χ4v) is 3.31. The summed E-state index contributed by atoms with van der Waals surface area (Å²) in [5.74, 6) is -2.19. The molecule has 0 atom stereocenters. The van der Waals surface area contributed by atoms with Crippen LogP contribution in [0.4, 0.5) is 10.1 Å². The molecular weight excluding hydrogens is 341 g/mol. The molecule has 0 aliphatic carbocycles. The third kappa shape index (κ3) is 3.02. The van der Waals surface area contributed by atoms with Crippen molar-refractivity contribution in [2.45, 2.75) is 20.4 Å². The van der Waals surface area contributed by atoms with E-state index < -0.39 is 22.8 Å². The van der Waals surface area contributed by atoms with E-state index >= 15 is 0 Å². The van der Waals surface area contributed by atoms with Crippen molar-refractivity contribution in [3.63, 3.8) is 0 Å². The molecule has 1 aliphatic rings. The van der Waals surface area contributed by atoms with Crippen LogP contribution in [0, 0.1) is 5.82 Å². The van der Waals surface area contributed by atoms with Gasteiger partial charge in [0, 0.05) is 51.2 Å². The first-order valence-electron chi connectivity index (χ1n) is 8.42. The number of carboxylic acid groups (broad SMARTS) is 1. The number of piperazine rings is 1. The van der Waals surface area contributed by atoms with E-state index in [1.165, 1.54) is 13.1 Å². The molecule has 0 unspecified atom stereocenters. The maximum atomic E-state index is 14.7. The summed E-state index contributed by atoms with van der Waals surface area (Å²) in [6.07, 6.45) is 1.23. The molecule has 1 aromatic carbocycles. The van der Waals surface area contributed by atoms with Gasteiger partial charge in [0.15, 0.2) is 5.43 Å². The van der Waals surface area contributed by atoms with Gasteiger partial charge in [-0.1, -0.05) is 0 Å². The predicted octanol–water partition coefficient (Wildman–Crippen LogP) is 0.193. The molecule has 8 heteroatoms. The van der Waals surface area contributed by atoms with E-state index in [2.05, 4.69) is 0 Å². The summed E-state index contributed by atoms with van der Waals surface area (Å²) < 4.78 is 16.3. The number of halogens is 1.